The summed E-state index contributed by atoms with van der Waals surface area (Å²) in [5.74, 6) is 0.158. The molecule has 13 heavy (non-hydrogen) atoms. The highest BCUT2D eigenvalue weighted by Crippen LogP contribution is 1.98. The maximum absolute atomic E-state index is 11.0. The molecule has 78 valence electrons. The minimum absolute atomic E-state index is 0.0627. The van der Waals surface area contributed by atoms with Crippen LogP contribution in [0, 0.1) is 0 Å². The number of carbonyl (C=O) groups is 1. The third-order valence-electron chi connectivity index (χ3n) is 1.81. The molecule has 0 fully saturated rings. The number of ketones is 1. The zero-order chi connectivity index (χ0) is 10.1. The summed E-state index contributed by atoms with van der Waals surface area (Å²) in [6.45, 7) is 4.61. The average molecular weight is 189 g/mol. The smallest absolute Gasteiger partial charge is 0.146 e. The van der Waals surface area contributed by atoms with E-state index in [1.807, 2.05) is 6.92 Å². The van der Waals surface area contributed by atoms with Crippen molar-refractivity contribution in [2.24, 2.45) is 0 Å². The fourth-order valence-corrected chi connectivity index (χ4v) is 1.15. The molecule has 0 aliphatic carbocycles. The number of aliphatic hydroxyl groups is 1. The second-order valence-corrected chi connectivity index (χ2v) is 2.90. The Kier molecular flexibility index (Phi) is 7.88. The van der Waals surface area contributed by atoms with Gasteiger partial charge in [0.2, 0.25) is 0 Å². The molecule has 0 aliphatic rings. The molecule has 2 N–H and O–H groups in total. The summed E-state index contributed by atoms with van der Waals surface area (Å²) in [6, 6.07) is -0.0627. The topological polar surface area (TPSA) is 58.6 Å². The standard InChI is InChI=1S/C9H19NO3/c1-3-10-9(8(2)12)5-4-6-13-7-11/h9-11H,3-7H2,1-2H3. The lowest BCUT2D eigenvalue weighted by Gasteiger charge is -2.13. The van der Waals surface area contributed by atoms with Gasteiger partial charge in [-0.25, -0.2) is 0 Å². The first kappa shape index (κ1) is 12.6. The summed E-state index contributed by atoms with van der Waals surface area (Å²) in [5.41, 5.74) is 0. The molecule has 0 amide bonds. The van der Waals surface area contributed by atoms with Crippen molar-refractivity contribution in [1.82, 2.24) is 5.32 Å². The van der Waals surface area contributed by atoms with Crippen molar-refractivity contribution in [3.8, 4) is 0 Å². The number of Topliss-reactive ketones (excluding diaryl/α,β-unsaturated/α-hetero) is 1. The van der Waals surface area contributed by atoms with Crippen molar-refractivity contribution in [3.63, 3.8) is 0 Å². The minimum atomic E-state index is -0.244. The normalized spacial score (nSPS) is 12.8. The summed E-state index contributed by atoms with van der Waals surface area (Å²) < 4.78 is 4.76. The summed E-state index contributed by atoms with van der Waals surface area (Å²) in [5, 5.41) is 11.4. The quantitative estimate of drug-likeness (QED) is 0.426. The number of hydrogen-bond acceptors (Lipinski definition) is 4. The van der Waals surface area contributed by atoms with Gasteiger partial charge in [-0.15, -0.1) is 0 Å². The van der Waals surface area contributed by atoms with Crippen LogP contribution < -0.4 is 5.32 Å². The van der Waals surface area contributed by atoms with E-state index in [1.165, 1.54) is 0 Å². The Balaban J connectivity index is 3.51. The van der Waals surface area contributed by atoms with E-state index in [4.69, 9.17) is 9.84 Å². The van der Waals surface area contributed by atoms with E-state index in [0.717, 1.165) is 19.4 Å². The number of nitrogens with one attached hydrogen (secondary N) is 1. The molecule has 0 aromatic carbocycles. The first-order valence-corrected chi connectivity index (χ1v) is 4.64. The van der Waals surface area contributed by atoms with Crippen LogP contribution in [0.5, 0.6) is 0 Å². The Labute approximate surface area is 79.3 Å². The number of ether oxygens (including phenoxy) is 1. The predicted molar refractivity (Wildman–Crippen MR) is 50.4 cm³/mol. The van der Waals surface area contributed by atoms with E-state index in [0.29, 0.717) is 6.61 Å². The fraction of sp³-hybridized carbons (Fsp3) is 0.889. The van der Waals surface area contributed by atoms with E-state index in [-0.39, 0.29) is 18.6 Å². The van der Waals surface area contributed by atoms with E-state index in [1.54, 1.807) is 6.92 Å². The van der Waals surface area contributed by atoms with Crippen LogP contribution in [0.15, 0.2) is 0 Å². The fourth-order valence-electron chi connectivity index (χ4n) is 1.15. The minimum Gasteiger partial charge on any atom is -0.371 e. The van der Waals surface area contributed by atoms with Crippen molar-refractivity contribution in [2.75, 3.05) is 19.9 Å². The Hall–Kier alpha value is -0.450. The van der Waals surface area contributed by atoms with E-state index >= 15 is 0 Å². The van der Waals surface area contributed by atoms with Gasteiger partial charge in [0.25, 0.3) is 0 Å². The molecule has 0 spiro atoms. The summed E-state index contributed by atoms with van der Waals surface area (Å²) in [6.07, 6.45) is 1.56. The summed E-state index contributed by atoms with van der Waals surface area (Å²) in [4.78, 5) is 11.0. The molecule has 0 aliphatic heterocycles. The molecule has 0 aromatic heterocycles. The number of hydrogen-bond donors (Lipinski definition) is 2. The van der Waals surface area contributed by atoms with Crippen molar-refractivity contribution < 1.29 is 14.6 Å². The molecule has 0 bridgehead atoms. The monoisotopic (exact) mass is 189 g/mol. The zero-order valence-electron chi connectivity index (χ0n) is 8.38. The highest BCUT2D eigenvalue weighted by atomic mass is 16.6. The Morgan fingerprint density at radius 3 is 2.77 bits per heavy atom. The highest BCUT2D eigenvalue weighted by molar-refractivity contribution is 5.81. The molecule has 0 saturated heterocycles. The van der Waals surface area contributed by atoms with Gasteiger partial charge in [0.15, 0.2) is 0 Å². The molecule has 1 atom stereocenters. The van der Waals surface area contributed by atoms with Gasteiger partial charge < -0.3 is 15.2 Å². The van der Waals surface area contributed by atoms with E-state index in [9.17, 15) is 4.79 Å². The van der Waals surface area contributed by atoms with Crippen molar-refractivity contribution in [1.29, 1.82) is 0 Å². The van der Waals surface area contributed by atoms with Crippen LogP contribution in [0.4, 0.5) is 0 Å². The Morgan fingerprint density at radius 2 is 2.31 bits per heavy atom. The van der Waals surface area contributed by atoms with Gasteiger partial charge in [0, 0.05) is 6.61 Å². The predicted octanol–water partition coefficient (Wildman–Crippen LogP) is 0.300. The largest absolute Gasteiger partial charge is 0.371 e. The molecule has 0 rings (SSSR count). The third kappa shape index (κ3) is 6.69. The van der Waals surface area contributed by atoms with Crippen LogP contribution >= 0.6 is 0 Å². The summed E-state index contributed by atoms with van der Waals surface area (Å²) in [7, 11) is 0. The maximum atomic E-state index is 11.0. The third-order valence-corrected chi connectivity index (χ3v) is 1.81. The zero-order valence-corrected chi connectivity index (χ0v) is 8.38. The molecule has 0 aromatic rings. The van der Waals surface area contributed by atoms with Gasteiger partial charge in [0.05, 0.1) is 6.04 Å². The van der Waals surface area contributed by atoms with Crippen molar-refractivity contribution in [2.45, 2.75) is 32.7 Å². The van der Waals surface area contributed by atoms with Crippen molar-refractivity contribution in [3.05, 3.63) is 0 Å². The summed E-state index contributed by atoms with van der Waals surface area (Å²) >= 11 is 0. The molecule has 4 heteroatoms. The first-order valence-electron chi connectivity index (χ1n) is 4.64. The molecular formula is C9H19NO3. The number of likely N-dealkylation sites (N-methyl/N-ethyl adjacent to an activating group) is 1. The van der Waals surface area contributed by atoms with Gasteiger partial charge in [0.1, 0.15) is 12.6 Å². The number of aliphatic hydroxyl groups excluding tert-OH is 1. The van der Waals surface area contributed by atoms with E-state index in [2.05, 4.69) is 5.32 Å². The van der Waals surface area contributed by atoms with Crippen LogP contribution in [0.1, 0.15) is 26.7 Å². The molecule has 0 radical (unpaired) electrons. The van der Waals surface area contributed by atoms with Gasteiger partial charge in [-0.05, 0) is 26.3 Å². The van der Waals surface area contributed by atoms with Crippen LogP contribution in [-0.4, -0.2) is 36.9 Å². The second-order valence-electron chi connectivity index (χ2n) is 2.90. The van der Waals surface area contributed by atoms with Crippen LogP contribution in [-0.2, 0) is 9.53 Å². The molecule has 0 heterocycles. The molecule has 1 unspecified atom stereocenters. The van der Waals surface area contributed by atoms with Crippen molar-refractivity contribution >= 4 is 5.78 Å². The lowest BCUT2D eigenvalue weighted by molar-refractivity contribution is -0.119. The average Bonchev–Trinajstić information content (AvgIpc) is 2.10. The SMILES string of the molecule is CCNC(CCCOCO)C(C)=O. The van der Waals surface area contributed by atoms with Crippen LogP contribution in [0.25, 0.3) is 0 Å². The van der Waals surface area contributed by atoms with Gasteiger partial charge >= 0.3 is 0 Å². The molecule has 4 nitrogen and oxygen atoms in total. The number of carbonyl (C=O) groups excluding carboxylic acids is 1. The van der Waals surface area contributed by atoms with Gasteiger partial charge in [-0.1, -0.05) is 6.92 Å². The van der Waals surface area contributed by atoms with E-state index < -0.39 is 0 Å². The molecular weight excluding hydrogens is 170 g/mol. The van der Waals surface area contributed by atoms with Gasteiger partial charge in [-0.3, -0.25) is 4.79 Å². The number of rotatable bonds is 8. The van der Waals surface area contributed by atoms with Crippen LogP contribution in [0.2, 0.25) is 0 Å². The Morgan fingerprint density at radius 1 is 1.62 bits per heavy atom. The van der Waals surface area contributed by atoms with Crippen LogP contribution in [0.3, 0.4) is 0 Å². The first-order chi connectivity index (χ1) is 6.22. The molecule has 0 saturated carbocycles. The van der Waals surface area contributed by atoms with Gasteiger partial charge in [-0.2, -0.15) is 0 Å². The maximum Gasteiger partial charge on any atom is 0.146 e. The lowest BCUT2D eigenvalue weighted by atomic mass is 10.1. The Bertz CT molecular complexity index is 139. The highest BCUT2D eigenvalue weighted by Gasteiger charge is 2.11. The lowest BCUT2D eigenvalue weighted by Crippen LogP contribution is -2.35. The second kappa shape index (κ2) is 8.16.